The van der Waals surface area contributed by atoms with E-state index in [0.29, 0.717) is 33.6 Å². The van der Waals surface area contributed by atoms with Gasteiger partial charge in [-0.1, -0.05) is 12.1 Å². The average Bonchev–Trinajstić information content (AvgIpc) is 3.20. The Morgan fingerprint density at radius 3 is 2.86 bits per heavy atom. The lowest BCUT2D eigenvalue weighted by atomic mass is 10.1. The minimum absolute atomic E-state index is 0.0994. The molecular formula is C21H19N3O4S. The first-order valence-corrected chi connectivity index (χ1v) is 9.84. The molecule has 2 amide bonds. The Morgan fingerprint density at radius 1 is 1.28 bits per heavy atom. The maximum atomic E-state index is 12.6. The van der Waals surface area contributed by atoms with Crippen molar-refractivity contribution >= 4 is 34.0 Å². The van der Waals surface area contributed by atoms with Crippen LogP contribution in [0.3, 0.4) is 0 Å². The summed E-state index contributed by atoms with van der Waals surface area (Å²) in [5.74, 6) is 0.765. The number of fused-ring (bicyclic) bond motifs is 1. The molecule has 2 heterocycles. The van der Waals surface area contributed by atoms with E-state index in [0.717, 1.165) is 5.56 Å². The molecule has 1 atom stereocenters. The van der Waals surface area contributed by atoms with Crippen molar-refractivity contribution in [3.8, 4) is 22.8 Å². The van der Waals surface area contributed by atoms with Crippen LogP contribution in [0.5, 0.6) is 11.5 Å². The summed E-state index contributed by atoms with van der Waals surface area (Å²) in [6.45, 7) is 1.73. The molecule has 1 aliphatic heterocycles. The van der Waals surface area contributed by atoms with Crippen LogP contribution < -0.4 is 19.7 Å². The Bertz CT molecular complexity index is 1100. The predicted molar refractivity (Wildman–Crippen MR) is 112 cm³/mol. The maximum absolute atomic E-state index is 12.6. The van der Waals surface area contributed by atoms with E-state index in [-0.39, 0.29) is 11.8 Å². The lowest BCUT2D eigenvalue weighted by Crippen LogP contribution is -2.41. The molecule has 4 rings (SSSR count). The van der Waals surface area contributed by atoms with Crippen LogP contribution in [0.4, 0.5) is 10.8 Å². The SMILES string of the molecule is COc1ccccc1C(=O)Nc1nc(-c2ccc3c(c2)N(C)C(=O)C(C)O3)cs1. The number of methoxy groups -OCH3 is 1. The predicted octanol–water partition coefficient (Wildman–Crippen LogP) is 3.81. The van der Waals surface area contributed by atoms with E-state index in [1.807, 2.05) is 23.6 Å². The third-order valence-corrected chi connectivity index (χ3v) is 5.43. The van der Waals surface area contributed by atoms with Crippen LogP contribution in [-0.2, 0) is 4.79 Å². The van der Waals surface area contributed by atoms with Crippen LogP contribution >= 0.6 is 11.3 Å². The number of aromatic nitrogens is 1. The fourth-order valence-electron chi connectivity index (χ4n) is 3.13. The summed E-state index contributed by atoms with van der Waals surface area (Å²) in [6.07, 6.45) is -0.505. The Kier molecular flexibility index (Phi) is 4.94. The standard InChI is InChI=1S/C21H19N3O4S/c1-12-20(26)24(2)16-10-13(8-9-18(16)28-12)15-11-29-21(22-15)23-19(25)14-6-4-5-7-17(14)27-3/h4-12H,1-3H3,(H,22,23,25). The van der Waals surface area contributed by atoms with E-state index in [4.69, 9.17) is 9.47 Å². The zero-order chi connectivity index (χ0) is 20.5. The van der Waals surface area contributed by atoms with Gasteiger partial charge in [-0.05, 0) is 37.3 Å². The van der Waals surface area contributed by atoms with Gasteiger partial charge in [-0.3, -0.25) is 14.9 Å². The Morgan fingerprint density at radius 2 is 2.07 bits per heavy atom. The summed E-state index contributed by atoms with van der Waals surface area (Å²) in [5.41, 5.74) is 2.66. The summed E-state index contributed by atoms with van der Waals surface area (Å²) in [5, 5.41) is 5.14. The quantitative estimate of drug-likeness (QED) is 0.709. The molecule has 3 aromatic rings. The summed E-state index contributed by atoms with van der Waals surface area (Å²) >= 11 is 1.32. The second-order valence-corrected chi connectivity index (χ2v) is 7.39. The van der Waals surface area contributed by atoms with Crippen molar-refractivity contribution in [3.63, 3.8) is 0 Å². The molecule has 1 unspecified atom stereocenters. The number of carbonyl (C=O) groups is 2. The van der Waals surface area contributed by atoms with Gasteiger partial charge in [0.15, 0.2) is 11.2 Å². The zero-order valence-corrected chi connectivity index (χ0v) is 16.9. The molecule has 0 spiro atoms. The highest BCUT2D eigenvalue weighted by molar-refractivity contribution is 7.14. The molecule has 1 aliphatic rings. The van der Waals surface area contributed by atoms with Crippen LogP contribution in [0, 0.1) is 0 Å². The van der Waals surface area contributed by atoms with Crippen molar-refractivity contribution in [2.75, 3.05) is 24.4 Å². The minimum Gasteiger partial charge on any atom is -0.496 e. The number of hydrogen-bond acceptors (Lipinski definition) is 6. The number of amides is 2. The highest BCUT2D eigenvalue weighted by Crippen LogP contribution is 2.37. The maximum Gasteiger partial charge on any atom is 0.267 e. The van der Waals surface area contributed by atoms with E-state index in [1.54, 1.807) is 43.1 Å². The van der Waals surface area contributed by atoms with Crippen molar-refractivity contribution in [1.82, 2.24) is 4.98 Å². The van der Waals surface area contributed by atoms with Gasteiger partial charge in [0, 0.05) is 18.0 Å². The molecule has 0 bridgehead atoms. The number of nitrogens with one attached hydrogen (secondary N) is 1. The molecule has 0 saturated carbocycles. The number of rotatable bonds is 4. The van der Waals surface area contributed by atoms with Gasteiger partial charge in [-0.2, -0.15) is 0 Å². The molecule has 0 radical (unpaired) electrons. The van der Waals surface area contributed by atoms with Crippen LogP contribution in [0.25, 0.3) is 11.3 Å². The molecular weight excluding hydrogens is 390 g/mol. The number of likely N-dealkylation sites (N-methyl/N-ethyl adjacent to an activating group) is 1. The van der Waals surface area contributed by atoms with Crippen molar-refractivity contribution in [1.29, 1.82) is 0 Å². The number of nitrogens with zero attached hydrogens (tertiary/aromatic N) is 2. The topological polar surface area (TPSA) is 80.8 Å². The number of benzene rings is 2. The van der Waals surface area contributed by atoms with E-state index < -0.39 is 6.10 Å². The van der Waals surface area contributed by atoms with Crippen molar-refractivity contribution in [2.45, 2.75) is 13.0 Å². The van der Waals surface area contributed by atoms with Gasteiger partial charge in [0.1, 0.15) is 11.5 Å². The van der Waals surface area contributed by atoms with Crippen LogP contribution in [0.2, 0.25) is 0 Å². The fraction of sp³-hybridized carbons (Fsp3) is 0.190. The van der Waals surface area contributed by atoms with E-state index in [1.165, 1.54) is 18.4 Å². The molecule has 1 N–H and O–H groups in total. The Hall–Kier alpha value is -3.39. The summed E-state index contributed by atoms with van der Waals surface area (Å²) in [7, 11) is 3.25. The van der Waals surface area contributed by atoms with E-state index in [2.05, 4.69) is 10.3 Å². The van der Waals surface area contributed by atoms with Gasteiger partial charge in [0.2, 0.25) is 0 Å². The molecule has 148 valence electrons. The second kappa shape index (κ2) is 7.56. The minimum atomic E-state index is -0.505. The van der Waals surface area contributed by atoms with Crippen molar-refractivity contribution in [2.24, 2.45) is 0 Å². The zero-order valence-electron chi connectivity index (χ0n) is 16.1. The number of thiazole rings is 1. The number of carbonyl (C=O) groups excluding carboxylic acids is 2. The highest BCUT2D eigenvalue weighted by Gasteiger charge is 2.29. The third-order valence-electron chi connectivity index (χ3n) is 4.67. The van der Waals surface area contributed by atoms with Crippen LogP contribution in [-0.4, -0.2) is 37.1 Å². The van der Waals surface area contributed by atoms with Gasteiger partial charge in [-0.15, -0.1) is 11.3 Å². The molecule has 0 aliphatic carbocycles. The normalized spacial score (nSPS) is 15.5. The monoisotopic (exact) mass is 409 g/mol. The second-order valence-electron chi connectivity index (χ2n) is 6.53. The molecule has 29 heavy (non-hydrogen) atoms. The number of ether oxygens (including phenoxy) is 2. The van der Waals surface area contributed by atoms with Crippen LogP contribution in [0.1, 0.15) is 17.3 Å². The van der Waals surface area contributed by atoms with Gasteiger partial charge < -0.3 is 14.4 Å². The number of para-hydroxylation sites is 1. The Labute approximate surface area is 171 Å². The van der Waals surface area contributed by atoms with Crippen molar-refractivity contribution in [3.05, 3.63) is 53.4 Å². The molecule has 0 saturated heterocycles. The average molecular weight is 409 g/mol. The highest BCUT2D eigenvalue weighted by atomic mass is 32.1. The molecule has 2 aromatic carbocycles. The van der Waals surface area contributed by atoms with Gasteiger partial charge in [0.25, 0.3) is 11.8 Å². The largest absolute Gasteiger partial charge is 0.496 e. The van der Waals surface area contributed by atoms with Gasteiger partial charge in [-0.25, -0.2) is 4.98 Å². The number of hydrogen-bond donors (Lipinski definition) is 1. The third kappa shape index (κ3) is 3.54. The molecule has 0 fully saturated rings. The Balaban J connectivity index is 1.57. The molecule has 1 aromatic heterocycles. The first-order chi connectivity index (χ1) is 14.0. The van der Waals surface area contributed by atoms with E-state index in [9.17, 15) is 9.59 Å². The molecule has 8 heteroatoms. The summed E-state index contributed by atoms with van der Waals surface area (Å²) in [4.78, 5) is 30.8. The van der Waals surface area contributed by atoms with Crippen molar-refractivity contribution < 1.29 is 19.1 Å². The van der Waals surface area contributed by atoms with E-state index >= 15 is 0 Å². The lowest BCUT2D eigenvalue weighted by molar-refractivity contribution is -0.125. The van der Waals surface area contributed by atoms with Gasteiger partial charge >= 0.3 is 0 Å². The van der Waals surface area contributed by atoms with Crippen LogP contribution in [0.15, 0.2) is 47.8 Å². The molecule has 7 nitrogen and oxygen atoms in total. The first kappa shape index (κ1) is 18.9. The summed E-state index contributed by atoms with van der Waals surface area (Å²) in [6, 6.07) is 12.6. The summed E-state index contributed by atoms with van der Waals surface area (Å²) < 4.78 is 10.9. The lowest BCUT2D eigenvalue weighted by Gasteiger charge is -2.30. The smallest absolute Gasteiger partial charge is 0.267 e. The van der Waals surface area contributed by atoms with Gasteiger partial charge in [0.05, 0.1) is 24.1 Å². The first-order valence-electron chi connectivity index (χ1n) is 8.96. The fourth-order valence-corrected chi connectivity index (χ4v) is 3.85. The number of anilines is 2.